The third-order valence-corrected chi connectivity index (χ3v) is 7.39. The number of carbonyl (C=O) groups excluding carboxylic acids is 2. The van der Waals surface area contributed by atoms with Crippen molar-refractivity contribution in [2.75, 3.05) is 18.4 Å². The Kier molecular flexibility index (Phi) is 6.36. The van der Waals surface area contributed by atoms with Crippen molar-refractivity contribution in [1.29, 1.82) is 0 Å². The van der Waals surface area contributed by atoms with Crippen LogP contribution in [0.25, 0.3) is 5.57 Å². The second kappa shape index (κ2) is 9.00. The summed E-state index contributed by atoms with van der Waals surface area (Å²) in [5.41, 5.74) is 3.82. The van der Waals surface area contributed by atoms with Crippen molar-refractivity contribution < 1.29 is 19.5 Å². The maximum atomic E-state index is 13.6. The average Bonchev–Trinajstić information content (AvgIpc) is 2.78. The molecule has 6 nitrogen and oxygen atoms in total. The van der Waals surface area contributed by atoms with E-state index in [0.717, 1.165) is 17.6 Å². The number of nitrogens with zero attached hydrogens (tertiary/aromatic N) is 1. The molecule has 0 bridgehead atoms. The molecule has 0 aromatic heterocycles. The maximum absolute atomic E-state index is 13.6. The Hall–Kier alpha value is -3.38. The number of rotatable bonds is 4. The first-order chi connectivity index (χ1) is 16.4. The third-order valence-electron chi connectivity index (χ3n) is 7.08. The molecule has 4 rings (SSSR count). The van der Waals surface area contributed by atoms with Gasteiger partial charge < -0.3 is 15.3 Å². The largest absolute Gasteiger partial charge is 0.478 e. The van der Waals surface area contributed by atoms with Crippen LogP contribution in [0.5, 0.6) is 0 Å². The molecule has 182 valence electrons. The molecule has 0 fully saturated rings. The fourth-order valence-corrected chi connectivity index (χ4v) is 5.81. The molecule has 0 unspecified atom stereocenters. The van der Waals surface area contributed by atoms with Gasteiger partial charge in [-0.3, -0.25) is 9.59 Å². The molecule has 0 saturated carbocycles. The summed E-state index contributed by atoms with van der Waals surface area (Å²) in [6, 6.07) is 12.0. The van der Waals surface area contributed by atoms with Crippen LogP contribution in [0.4, 0.5) is 5.69 Å². The predicted octanol–water partition coefficient (Wildman–Crippen LogP) is 5.90. The Morgan fingerprint density at radius 2 is 1.71 bits per heavy atom. The molecule has 2 N–H and O–H groups in total. The lowest BCUT2D eigenvalue weighted by Gasteiger charge is -2.50. The van der Waals surface area contributed by atoms with Crippen molar-refractivity contribution >= 4 is 40.6 Å². The Bertz CT molecular complexity index is 1280. The van der Waals surface area contributed by atoms with Crippen molar-refractivity contribution in [3.05, 3.63) is 81.9 Å². The lowest BCUT2D eigenvalue weighted by molar-refractivity contribution is -0.114. The number of amides is 2. The molecular formula is C28H29ClN2O4. The number of aromatic carboxylic acids is 1. The number of fused-ring (bicyclic) bond motifs is 1. The highest BCUT2D eigenvalue weighted by atomic mass is 35.5. The summed E-state index contributed by atoms with van der Waals surface area (Å²) < 4.78 is 0. The van der Waals surface area contributed by atoms with E-state index in [1.54, 1.807) is 35.2 Å². The van der Waals surface area contributed by atoms with Crippen LogP contribution in [-0.2, 0) is 4.79 Å². The van der Waals surface area contributed by atoms with Gasteiger partial charge in [-0.1, -0.05) is 68.3 Å². The number of allylic oxidation sites excluding steroid dienone is 2. The molecule has 2 aromatic carbocycles. The first-order valence-corrected chi connectivity index (χ1v) is 11.9. The van der Waals surface area contributed by atoms with Crippen molar-refractivity contribution in [3.63, 3.8) is 0 Å². The zero-order valence-electron chi connectivity index (χ0n) is 20.3. The molecule has 2 aliphatic rings. The minimum atomic E-state index is -0.944. The van der Waals surface area contributed by atoms with E-state index in [0.29, 0.717) is 29.4 Å². The Balaban J connectivity index is 1.64. The van der Waals surface area contributed by atoms with Gasteiger partial charge in [0, 0.05) is 30.8 Å². The summed E-state index contributed by atoms with van der Waals surface area (Å²) in [4.78, 5) is 38.3. The number of carboxylic acids is 1. The molecule has 7 heteroatoms. The summed E-state index contributed by atoms with van der Waals surface area (Å²) in [5.74, 6) is -1.43. The van der Waals surface area contributed by atoms with Crippen molar-refractivity contribution in [1.82, 2.24) is 4.90 Å². The summed E-state index contributed by atoms with van der Waals surface area (Å²) in [6.45, 7) is 8.87. The van der Waals surface area contributed by atoms with Gasteiger partial charge in [0.2, 0.25) is 5.91 Å². The number of benzene rings is 2. The van der Waals surface area contributed by atoms with Crippen LogP contribution in [0.15, 0.2) is 60.2 Å². The second-order valence-electron chi connectivity index (χ2n) is 10.0. The molecule has 35 heavy (non-hydrogen) atoms. The summed E-state index contributed by atoms with van der Waals surface area (Å²) >= 11 is 6.40. The zero-order chi connectivity index (χ0) is 25.5. The topological polar surface area (TPSA) is 86.7 Å². The standard InChI is InChI=1S/C28H29ClN2O4/c1-17(32)30-22-7-5-6-21(29)24(22)25(33)31-15-13-23-27(2,3)20(12-14-28(23,4)16-31)18-8-10-19(11-9-18)26(34)35/h5-13H,14-16H2,1-4H3,(H,30,32)(H,34,35)/t28-/m1/s1. The number of carboxylic acid groups (broad SMARTS) is 1. The van der Waals surface area contributed by atoms with Crippen LogP contribution in [0.3, 0.4) is 0 Å². The highest BCUT2D eigenvalue weighted by Crippen LogP contribution is 2.55. The number of hydrogen-bond donors (Lipinski definition) is 2. The molecule has 1 heterocycles. The quantitative estimate of drug-likeness (QED) is 0.520. The molecule has 1 atom stereocenters. The van der Waals surface area contributed by atoms with Crippen LogP contribution in [0.2, 0.25) is 5.02 Å². The van der Waals surface area contributed by atoms with Crippen LogP contribution in [-0.4, -0.2) is 40.9 Å². The SMILES string of the molecule is CC(=O)Nc1cccc(Cl)c1C(=O)N1CC=C2C(C)(C)C(c3ccc(C(=O)O)cc3)=CC[C@]2(C)C1. The highest BCUT2D eigenvalue weighted by molar-refractivity contribution is 6.34. The van der Waals surface area contributed by atoms with Crippen molar-refractivity contribution in [2.45, 2.75) is 34.1 Å². The van der Waals surface area contributed by atoms with Gasteiger partial charge in [-0.15, -0.1) is 0 Å². The van der Waals surface area contributed by atoms with Gasteiger partial charge in [0.15, 0.2) is 0 Å². The first-order valence-electron chi connectivity index (χ1n) is 11.5. The average molecular weight is 493 g/mol. The lowest BCUT2D eigenvalue weighted by atomic mass is 9.58. The number of carbonyl (C=O) groups is 3. The molecular weight excluding hydrogens is 464 g/mol. The van der Waals surface area contributed by atoms with E-state index in [-0.39, 0.29) is 28.2 Å². The molecule has 2 amide bonds. The minimum Gasteiger partial charge on any atom is -0.478 e. The number of hydrogen-bond acceptors (Lipinski definition) is 3. The molecule has 2 aromatic rings. The summed E-state index contributed by atoms with van der Waals surface area (Å²) in [5, 5.41) is 12.2. The van der Waals surface area contributed by atoms with E-state index < -0.39 is 5.97 Å². The zero-order valence-corrected chi connectivity index (χ0v) is 21.1. The van der Waals surface area contributed by atoms with E-state index in [2.05, 4.69) is 38.2 Å². The monoisotopic (exact) mass is 492 g/mol. The number of nitrogens with one attached hydrogen (secondary N) is 1. The molecule has 0 spiro atoms. The van der Waals surface area contributed by atoms with Crippen molar-refractivity contribution in [2.24, 2.45) is 10.8 Å². The maximum Gasteiger partial charge on any atom is 0.335 e. The summed E-state index contributed by atoms with van der Waals surface area (Å²) in [6.07, 6.45) is 5.08. The van der Waals surface area contributed by atoms with Crippen molar-refractivity contribution in [3.8, 4) is 0 Å². The van der Waals surface area contributed by atoms with Gasteiger partial charge in [0.05, 0.1) is 21.8 Å². The Morgan fingerprint density at radius 1 is 1.03 bits per heavy atom. The normalized spacial score (nSPS) is 20.9. The fourth-order valence-electron chi connectivity index (χ4n) is 5.55. The molecule has 1 aliphatic carbocycles. The van der Waals surface area contributed by atoms with Gasteiger partial charge in [0.1, 0.15) is 0 Å². The van der Waals surface area contributed by atoms with E-state index in [9.17, 15) is 19.5 Å². The van der Waals surface area contributed by atoms with Gasteiger partial charge in [-0.05, 0) is 41.8 Å². The van der Waals surface area contributed by atoms with E-state index >= 15 is 0 Å². The number of anilines is 1. The van der Waals surface area contributed by atoms with E-state index in [4.69, 9.17) is 11.6 Å². The van der Waals surface area contributed by atoms with Gasteiger partial charge >= 0.3 is 5.97 Å². The molecule has 1 aliphatic heterocycles. The Morgan fingerprint density at radius 3 is 2.34 bits per heavy atom. The van der Waals surface area contributed by atoms with Gasteiger partial charge in [-0.25, -0.2) is 4.79 Å². The fraction of sp³-hybridized carbons (Fsp3) is 0.321. The van der Waals surface area contributed by atoms with Crippen LogP contribution in [0, 0.1) is 10.8 Å². The number of halogens is 1. The molecule has 0 saturated heterocycles. The van der Waals surface area contributed by atoms with Crippen LogP contribution in [0.1, 0.15) is 60.4 Å². The highest BCUT2D eigenvalue weighted by Gasteiger charge is 2.46. The first kappa shape index (κ1) is 24.7. The molecule has 0 radical (unpaired) electrons. The predicted molar refractivity (Wildman–Crippen MR) is 138 cm³/mol. The minimum absolute atomic E-state index is 0.215. The summed E-state index contributed by atoms with van der Waals surface area (Å²) in [7, 11) is 0. The van der Waals surface area contributed by atoms with Gasteiger partial charge in [0.25, 0.3) is 5.91 Å². The van der Waals surface area contributed by atoms with E-state index in [1.807, 2.05) is 12.1 Å². The third kappa shape index (κ3) is 4.50. The van der Waals surface area contributed by atoms with Crippen LogP contribution < -0.4 is 5.32 Å². The van der Waals surface area contributed by atoms with Crippen LogP contribution >= 0.6 is 11.6 Å². The van der Waals surface area contributed by atoms with Gasteiger partial charge in [-0.2, -0.15) is 0 Å². The second-order valence-corrected chi connectivity index (χ2v) is 10.4. The van der Waals surface area contributed by atoms with E-state index in [1.165, 1.54) is 12.5 Å². The Labute approximate surface area is 210 Å². The lowest BCUT2D eigenvalue weighted by Crippen LogP contribution is -2.48. The smallest absolute Gasteiger partial charge is 0.335 e.